The summed E-state index contributed by atoms with van der Waals surface area (Å²) >= 11 is 0. The maximum atomic E-state index is 12.9. The first kappa shape index (κ1) is 14.7. The number of benzene rings is 1. The van der Waals surface area contributed by atoms with Crippen molar-refractivity contribution in [3.63, 3.8) is 0 Å². The number of nitrogens with zero attached hydrogens (tertiary/aromatic N) is 2. The summed E-state index contributed by atoms with van der Waals surface area (Å²) < 4.78 is 0. The Bertz CT molecular complexity index is 723. The smallest absolute Gasteiger partial charge is 0.253 e. The maximum absolute atomic E-state index is 12.9. The number of aromatic nitrogens is 2. The molecule has 0 bridgehead atoms. The van der Waals surface area contributed by atoms with Crippen molar-refractivity contribution in [1.29, 1.82) is 0 Å². The van der Waals surface area contributed by atoms with Gasteiger partial charge in [0.15, 0.2) is 0 Å². The molecular formula is C18H24N4O. The zero-order chi connectivity index (χ0) is 15.8. The Hall–Kier alpha value is -1.88. The fraction of sp³-hybridized carbons (Fsp3) is 0.556. The number of hydrogen-bond donors (Lipinski definition) is 2. The molecule has 0 aliphatic carbocycles. The summed E-state index contributed by atoms with van der Waals surface area (Å²) in [5.74, 6) is 1.64. The van der Waals surface area contributed by atoms with Crippen molar-refractivity contribution in [3.05, 3.63) is 29.6 Å². The molecule has 1 amide bonds. The predicted octanol–water partition coefficient (Wildman–Crippen LogP) is 2.48. The lowest BCUT2D eigenvalue weighted by Gasteiger charge is -2.38. The average molecular weight is 312 g/mol. The van der Waals surface area contributed by atoms with Crippen molar-refractivity contribution >= 4 is 16.9 Å². The van der Waals surface area contributed by atoms with Gasteiger partial charge in [0.25, 0.3) is 5.91 Å². The first-order valence-electron chi connectivity index (χ1n) is 8.70. The number of aromatic amines is 1. The number of hydrogen-bond acceptors (Lipinski definition) is 3. The van der Waals surface area contributed by atoms with Gasteiger partial charge in [-0.05, 0) is 56.8 Å². The highest BCUT2D eigenvalue weighted by molar-refractivity contribution is 5.97. The molecule has 2 N–H and O–H groups in total. The zero-order valence-electron chi connectivity index (χ0n) is 13.6. The van der Waals surface area contributed by atoms with Gasteiger partial charge in [0.1, 0.15) is 5.82 Å². The van der Waals surface area contributed by atoms with Gasteiger partial charge in [-0.3, -0.25) is 4.79 Å². The number of likely N-dealkylation sites (tertiary alicyclic amines) is 1. The lowest BCUT2D eigenvalue weighted by molar-refractivity contribution is 0.0631. The summed E-state index contributed by atoms with van der Waals surface area (Å²) in [4.78, 5) is 22.5. The van der Waals surface area contributed by atoms with Crippen molar-refractivity contribution in [2.75, 3.05) is 19.6 Å². The minimum absolute atomic E-state index is 0.154. The van der Waals surface area contributed by atoms with E-state index in [-0.39, 0.29) is 5.91 Å². The summed E-state index contributed by atoms with van der Waals surface area (Å²) in [5, 5.41) is 3.66. The Balaban J connectivity index is 1.53. The minimum Gasteiger partial charge on any atom is -0.342 e. The number of nitrogens with one attached hydrogen (secondary N) is 2. The number of H-pyrrole nitrogens is 1. The molecule has 122 valence electrons. The number of imidazole rings is 1. The summed E-state index contributed by atoms with van der Waals surface area (Å²) in [5.41, 5.74) is 2.63. The highest BCUT2D eigenvalue weighted by Gasteiger charge is 2.32. The van der Waals surface area contributed by atoms with Crippen LogP contribution in [0.1, 0.15) is 41.9 Å². The molecule has 23 heavy (non-hydrogen) atoms. The molecule has 2 aliphatic rings. The maximum Gasteiger partial charge on any atom is 0.253 e. The average Bonchev–Trinajstić information content (AvgIpc) is 2.78. The largest absolute Gasteiger partial charge is 0.342 e. The summed E-state index contributed by atoms with van der Waals surface area (Å²) in [6.45, 7) is 4.81. The van der Waals surface area contributed by atoms with Crippen molar-refractivity contribution in [3.8, 4) is 0 Å². The van der Waals surface area contributed by atoms with Crippen LogP contribution in [-0.2, 0) is 0 Å². The molecule has 5 nitrogen and oxygen atoms in total. The van der Waals surface area contributed by atoms with Crippen LogP contribution in [0.25, 0.3) is 11.0 Å². The van der Waals surface area contributed by atoms with Crippen molar-refractivity contribution in [2.24, 2.45) is 5.92 Å². The van der Waals surface area contributed by atoms with Gasteiger partial charge in [-0.2, -0.15) is 0 Å². The van der Waals surface area contributed by atoms with Crippen LogP contribution in [0.5, 0.6) is 0 Å². The number of rotatable bonds is 1. The SMILES string of the molecule is Cc1nc2ccc(C(=O)N3CC[C@H]4NCCCC[C@H]4C3)cc2[nH]1. The molecule has 2 fully saturated rings. The second-order valence-corrected chi connectivity index (χ2v) is 6.91. The van der Waals surface area contributed by atoms with E-state index in [4.69, 9.17) is 0 Å². The highest BCUT2D eigenvalue weighted by Crippen LogP contribution is 2.26. The first-order chi connectivity index (χ1) is 11.2. The van der Waals surface area contributed by atoms with Crippen molar-refractivity contribution in [1.82, 2.24) is 20.2 Å². The van der Waals surface area contributed by atoms with Crippen LogP contribution in [-0.4, -0.2) is 46.5 Å². The van der Waals surface area contributed by atoms with Crippen LogP contribution in [0, 0.1) is 12.8 Å². The predicted molar refractivity (Wildman–Crippen MR) is 90.5 cm³/mol. The Morgan fingerprint density at radius 1 is 1.30 bits per heavy atom. The summed E-state index contributed by atoms with van der Waals surface area (Å²) in [7, 11) is 0. The molecule has 2 aliphatic heterocycles. The van der Waals surface area contributed by atoms with Gasteiger partial charge in [0, 0.05) is 24.7 Å². The summed E-state index contributed by atoms with van der Waals surface area (Å²) in [6, 6.07) is 6.38. The minimum atomic E-state index is 0.154. The van der Waals surface area contributed by atoms with Gasteiger partial charge in [0.2, 0.25) is 0 Å². The third-order valence-corrected chi connectivity index (χ3v) is 5.28. The number of carbonyl (C=O) groups excluding carboxylic acids is 1. The fourth-order valence-corrected chi connectivity index (χ4v) is 4.05. The number of fused-ring (bicyclic) bond motifs is 2. The number of carbonyl (C=O) groups is 1. The van der Waals surface area contributed by atoms with Gasteiger partial charge < -0.3 is 15.2 Å². The number of piperidine rings is 1. The molecule has 1 aromatic carbocycles. The number of amides is 1. The van der Waals surface area contributed by atoms with Crippen LogP contribution >= 0.6 is 0 Å². The lowest BCUT2D eigenvalue weighted by atomic mass is 9.89. The lowest BCUT2D eigenvalue weighted by Crippen LogP contribution is -2.50. The van der Waals surface area contributed by atoms with E-state index in [1.54, 1.807) is 0 Å². The molecule has 0 radical (unpaired) electrons. The van der Waals surface area contributed by atoms with E-state index in [0.29, 0.717) is 12.0 Å². The molecule has 0 unspecified atom stereocenters. The molecule has 2 saturated heterocycles. The Morgan fingerprint density at radius 3 is 3.13 bits per heavy atom. The normalized spacial score (nSPS) is 25.2. The van der Waals surface area contributed by atoms with Gasteiger partial charge in [-0.25, -0.2) is 4.98 Å². The van der Waals surface area contributed by atoms with E-state index < -0.39 is 0 Å². The van der Waals surface area contributed by atoms with Crippen molar-refractivity contribution < 1.29 is 4.79 Å². The molecule has 0 spiro atoms. The topological polar surface area (TPSA) is 61.0 Å². The van der Waals surface area contributed by atoms with E-state index in [0.717, 1.165) is 48.5 Å². The Kier molecular flexibility index (Phi) is 3.81. The summed E-state index contributed by atoms with van der Waals surface area (Å²) in [6.07, 6.45) is 4.84. The van der Waals surface area contributed by atoms with Crippen LogP contribution < -0.4 is 5.32 Å². The van der Waals surface area contributed by atoms with E-state index >= 15 is 0 Å². The Labute approximate surface area is 136 Å². The fourth-order valence-electron chi connectivity index (χ4n) is 4.05. The standard InChI is InChI=1S/C18H24N4O/c1-12-20-16-6-5-13(10-17(16)21-12)18(23)22-9-7-15-14(11-22)4-2-3-8-19-15/h5-6,10,14-15,19H,2-4,7-9,11H2,1H3,(H,20,21)/t14-,15+/m0/s1. The quantitative estimate of drug-likeness (QED) is 0.850. The second-order valence-electron chi connectivity index (χ2n) is 6.91. The second kappa shape index (κ2) is 5.96. The van der Waals surface area contributed by atoms with Gasteiger partial charge in [0.05, 0.1) is 11.0 Å². The molecule has 2 atom stereocenters. The van der Waals surface area contributed by atoms with E-state index in [1.807, 2.05) is 30.0 Å². The number of aryl methyl sites for hydroxylation is 1. The zero-order valence-corrected chi connectivity index (χ0v) is 13.6. The molecule has 1 aromatic heterocycles. The third-order valence-electron chi connectivity index (χ3n) is 5.28. The van der Waals surface area contributed by atoms with E-state index in [1.165, 1.54) is 19.3 Å². The third kappa shape index (κ3) is 2.85. The van der Waals surface area contributed by atoms with Crippen LogP contribution in [0.2, 0.25) is 0 Å². The highest BCUT2D eigenvalue weighted by atomic mass is 16.2. The van der Waals surface area contributed by atoms with Gasteiger partial charge in [-0.1, -0.05) is 6.42 Å². The monoisotopic (exact) mass is 312 g/mol. The van der Waals surface area contributed by atoms with Crippen LogP contribution in [0.4, 0.5) is 0 Å². The molecule has 2 aromatic rings. The van der Waals surface area contributed by atoms with E-state index in [9.17, 15) is 4.79 Å². The van der Waals surface area contributed by atoms with Crippen molar-refractivity contribution in [2.45, 2.75) is 38.6 Å². The molecular weight excluding hydrogens is 288 g/mol. The molecule has 5 heteroatoms. The first-order valence-corrected chi connectivity index (χ1v) is 8.70. The molecule has 0 saturated carbocycles. The van der Waals surface area contributed by atoms with Gasteiger partial charge >= 0.3 is 0 Å². The van der Waals surface area contributed by atoms with Crippen LogP contribution in [0.3, 0.4) is 0 Å². The van der Waals surface area contributed by atoms with Crippen LogP contribution in [0.15, 0.2) is 18.2 Å². The van der Waals surface area contributed by atoms with E-state index in [2.05, 4.69) is 15.3 Å². The molecule has 4 rings (SSSR count). The van der Waals surface area contributed by atoms with Gasteiger partial charge in [-0.15, -0.1) is 0 Å². The molecule has 3 heterocycles. The Morgan fingerprint density at radius 2 is 2.22 bits per heavy atom.